The first kappa shape index (κ1) is 11.5. The fourth-order valence-electron chi connectivity index (χ4n) is 1.40. The Morgan fingerprint density at radius 2 is 2.14 bits per heavy atom. The van der Waals surface area contributed by atoms with Gasteiger partial charge in [0, 0.05) is 0 Å². The van der Waals surface area contributed by atoms with Gasteiger partial charge in [0.05, 0.1) is 4.47 Å². The largest absolute Gasteiger partial charge is 0.506 e. The lowest BCUT2D eigenvalue weighted by atomic mass is 9.97. The van der Waals surface area contributed by atoms with Crippen LogP contribution >= 0.6 is 15.9 Å². The highest BCUT2D eigenvalue weighted by Gasteiger charge is 2.11. The van der Waals surface area contributed by atoms with E-state index in [9.17, 15) is 5.11 Å². The number of hydrogen-bond acceptors (Lipinski definition) is 2. The molecule has 0 aliphatic carbocycles. The third-order valence-corrected chi connectivity index (χ3v) is 3.06. The smallest absolute Gasteiger partial charge is 0.133 e. The Hall–Kier alpha value is -0.540. The zero-order valence-corrected chi connectivity index (χ0v) is 10.1. The number of phenols is 1. The number of aromatic hydroxyl groups is 1. The highest BCUT2D eigenvalue weighted by Crippen LogP contribution is 2.31. The molecule has 3 N–H and O–H groups in total. The van der Waals surface area contributed by atoms with E-state index in [0.29, 0.717) is 18.2 Å². The van der Waals surface area contributed by atoms with Crippen molar-refractivity contribution in [2.75, 3.05) is 6.54 Å². The van der Waals surface area contributed by atoms with Crippen molar-refractivity contribution in [1.82, 2.24) is 0 Å². The predicted octanol–water partition coefficient (Wildman–Crippen LogP) is 2.60. The van der Waals surface area contributed by atoms with E-state index >= 15 is 0 Å². The lowest BCUT2D eigenvalue weighted by Crippen LogP contribution is -2.13. The summed E-state index contributed by atoms with van der Waals surface area (Å²) in [6.07, 6.45) is 0.827. The third kappa shape index (κ3) is 2.49. The average molecular weight is 258 g/mol. The summed E-state index contributed by atoms with van der Waals surface area (Å²) in [5.74, 6) is 0.749. The monoisotopic (exact) mass is 257 g/mol. The van der Waals surface area contributed by atoms with Gasteiger partial charge < -0.3 is 10.8 Å². The third-order valence-electron chi connectivity index (χ3n) is 2.42. The zero-order valence-electron chi connectivity index (χ0n) is 8.55. The van der Waals surface area contributed by atoms with Crippen LogP contribution in [0.4, 0.5) is 0 Å². The van der Waals surface area contributed by atoms with E-state index in [0.717, 1.165) is 22.0 Å². The Balaban J connectivity index is 3.00. The van der Waals surface area contributed by atoms with Crippen molar-refractivity contribution >= 4 is 15.9 Å². The van der Waals surface area contributed by atoms with Gasteiger partial charge in [-0.15, -0.1) is 0 Å². The number of benzene rings is 1. The fourth-order valence-corrected chi connectivity index (χ4v) is 1.77. The standard InChI is InChI=1S/C11H16BrNO/c1-7(6-13)5-9-8(2)3-4-10(12)11(9)14/h3-4,7,14H,5-6,13H2,1-2H3. The molecule has 0 aliphatic heterocycles. The van der Waals surface area contributed by atoms with Gasteiger partial charge in [-0.25, -0.2) is 0 Å². The van der Waals surface area contributed by atoms with E-state index in [1.165, 1.54) is 0 Å². The molecule has 14 heavy (non-hydrogen) atoms. The second-order valence-electron chi connectivity index (χ2n) is 3.74. The molecule has 1 atom stereocenters. The first-order valence-electron chi connectivity index (χ1n) is 4.73. The van der Waals surface area contributed by atoms with E-state index in [2.05, 4.69) is 22.9 Å². The van der Waals surface area contributed by atoms with Gasteiger partial charge in [0.15, 0.2) is 0 Å². The molecule has 0 aliphatic rings. The van der Waals surface area contributed by atoms with Gasteiger partial charge in [-0.3, -0.25) is 0 Å². The number of rotatable bonds is 3. The number of halogens is 1. The van der Waals surface area contributed by atoms with Crippen LogP contribution in [0.2, 0.25) is 0 Å². The molecule has 1 aromatic carbocycles. The summed E-state index contributed by atoms with van der Waals surface area (Å²) >= 11 is 3.31. The van der Waals surface area contributed by atoms with Crippen molar-refractivity contribution in [2.24, 2.45) is 11.7 Å². The van der Waals surface area contributed by atoms with E-state index in [1.54, 1.807) is 0 Å². The maximum atomic E-state index is 9.84. The van der Waals surface area contributed by atoms with Crippen LogP contribution in [0.5, 0.6) is 5.75 Å². The number of phenolic OH excluding ortho intramolecular Hbond substituents is 1. The minimum absolute atomic E-state index is 0.352. The first-order valence-corrected chi connectivity index (χ1v) is 5.52. The summed E-state index contributed by atoms with van der Waals surface area (Å²) in [5.41, 5.74) is 7.68. The van der Waals surface area contributed by atoms with E-state index < -0.39 is 0 Å². The molecule has 78 valence electrons. The highest BCUT2D eigenvalue weighted by molar-refractivity contribution is 9.10. The van der Waals surface area contributed by atoms with Gasteiger partial charge in [0.1, 0.15) is 5.75 Å². The maximum Gasteiger partial charge on any atom is 0.133 e. The number of hydrogen-bond donors (Lipinski definition) is 2. The minimum atomic E-state index is 0.352. The molecule has 0 saturated carbocycles. The molecule has 0 saturated heterocycles. The Kier molecular flexibility index (Phi) is 3.96. The van der Waals surface area contributed by atoms with Crippen molar-refractivity contribution in [3.63, 3.8) is 0 Å². The molecule has 2 nitrogen and oxygen atoms in total. The van der Waals surface area contributed by atoms with Gasteiger partial charge in [-0.1, -0.05) is 13.0 Å². The molecule has 1 aromatic rings. The van der Waals surface area contributed by atoms with Gasteiger partial charge in [0.25, 0.3) is 0 Å². The number of aryl methyl sites for hydroxylation is 1. The van der Waals surface area contributed by atoms with Crippen LogP contribution < -0.4 is 5.73 Å². The van der Waals surface area contributed by atoms with E-state index in [-0.39, 0.29) is 0 Å². The molecule has 0 radical (unpaired) electrons. The summed E-state index contributed by atoms with van der Waals surface area (Å²) in [6, 6.07) is 3.86. The average Bonchev–Trinajstić information content (AvgIpc) is 2.18. The minimum Gasteiger partial charge on any atom is -0.506 e. The van der Waals surface area contributed by atoms with Crippen molar-refractivity contribution in [1.29, 1.82) is 0 Å². The van der Waals surface area contributed by atoms with Gasteiger partial charge in [-0.2, -0.15) is 0 Å². The van der Waals surface area contributed by atoms with Crippen molar-refractivity contribution in [2.45, 2.75) is 20.3 Å². The lowest BCUT2D eigenvalue weighted by molar-refractivity contribution is 0.456. The van der Waals surface area contributed by atoms with Crippen LogP contribution in [-0.4, -0.2) is 11.7 Å². The quantitative estimate of drug-likeness (QED) is 0.875. The molecule has 0 amide bonds. The molecule has 0 bridgehead atoms. The van der Waals surface area contributed by atoms with Gasteiger partial charge >= 0.3 is 0 Å². The molecule has 1 rings (SSSR count). The Morgan fingerprint density at radius 1 is 1.50 bits per heavy atom. The second-order valence-corrected chi connectivity index (χ2v) is 4.59. The topological polar surface area (TPSA) is 46.2 Å². The van der Waals surface area contributed by atoms with Crippen LogP contribution in [-0.2, 0) is 6.42 Å². The molecule has 0 heterocycles. The molecule has 0 fully saturated rings. The molecule has 1 unspecified atom stereocenters. The first-order chi connectivity index (χ1) is 6.56. The summed E-state index contributed by atoms with van der Waals surface area (Å²) in [7, 11) is 0. The fraction of sp³-hybridized carbons (Fsp3) is 0.455. The summed E-state index contributed by atoms with van der Waals surface area (Å²) < 4.78 is 0.752. The SMILES string of the molecule is Cc1ccc(Br)c(O)c1CC(C)CN. The second kappa shape index (κ2) is 4.80. The van der Waals surface area contributed by atoms with Crippen LogP contribution in [0.15, 0.2) is 16.6 Å². The van der Waals surface area contributed by atoms with Crippen LogP contribution in [0.25, 0.3) is 0 Å². The van der Waals surface area contributed by atoms with Crippen LogP contribution in [0.3, 0.4) is 0 Å². The molecule has 3 heteroatoms. The maximum absolute atomic E-state index is 9.84. The molecule has 0 aromatic heterocycles. The van der Waals surface area contributed by atoms with E-state index in [1.807, 2.05) is 19.1 Å². The van der Waals surface area contributed by atoms with Crippen LogP contribution in [0.1, 0.15) is 18.1 Å². The Bertz CT molecular complexity index is 325. The van der Waals surface area contributed by atoms with Crippen molar-refractivity contribution in [3.05, 3.63) is 27.7 Å². The van der Waals surface area contributed by atoms with Gasteiger partial charge in [-0.05, 0) is 58.9 Å². The van der Waals surface area contributed by atoms with Crippen molar-refractivity contribution in [3.8, 4) is 5.75 Å². The summed E-state index contributed by atoms with van der Waals surface area (Å²) in [6.45, 7) is 4.73. The lowest BCUT2D eigenvalue weighted by Gasteiger charge is -2.13. The Morgan fingerprint density at radius 3 is 2.71 bits per heavy atom. The van der Waals surface area contributed by atoms with Crippen LogP contribution in [0, 0.1) is 12.8 Å². The number of nitrogens with two attached hydrogens (primary N) is 1. The summed E-state index contributed by atoms with van der Waals surface area (Å²) in [4.78, 5) is 0. The molecular weight excluding hydrogens is 242 g/mol. The Labute approximate surface area is 93.3 Å². The molecular formula is C11H16BrNO. The van der Waals surface area contributed by atoms with Gasteiger partial charge in [0.2, 0.25) is 0 Å². The predicted molar refractivity (Wildman–Crippen MR) is 62.5 cm³/mol. The summed E-state index contributed by atoms with van der Waals surface area (Å²) in [5, 5.41) is 9.84. The zero-order chi connectivity index (χ0) is 10.7. The van der Waals surface area contributed by atoms with E-state index in [4.69, 9.17) is 5.73 Å². The van der Waals surface area contributed by atoms with Crippen molar-refractivity contribution < 1.29 is 5.11 Å². The normalized spacial score (nSPS) is 12.9. The highest BCUT2D eigenvalue weighted by atomic mass is 79.9. The molecule has 0 spiro atoms.